The van der Waals surface area contributed by atoms with Crippen LogP contribution >= 0.6 is 27.5 Å². The second kappa shape index (κ2) is 5.36. The van der Waals surface area contributed by atoms with E-state index in [1.165, 1.54) is 12.1 Å². The van der Waals surface area contributed by atoms with E-state index in [0.717, 1.165) is 12.8 Å². The number of Topliss-reactive ketones (excluding diaryl/α,β-unsaturated/α-hetero) is 1. The van der Waals surface area contributed by atoms with Crippen molar-refractivity contribution in [2.75, 3.05) is 0 Å². The van der Waals surface area contributed by atoms with Gasteiger partial charge in [0.2, 0.25) is 0 Å². The molecule has 0 spiro atoms. The van der Waals surface area contributed by atoms with Gasteiger partial charge in [0.15, 0.2) is 0 Å². The van der Waals surface area contributed by atoms with Crippen molar-refractivity contribution in [2.45, 2.75) is 31.8 Å². The predicted octanol–water partition coefficient (Wildman–Crippen LogP) is 4.13. The number of rotatable bonds is 2. The number of hydrogen-bond donors (Lipinski definition) is 0. The van der Waals surface area contributed by atoms with Gasteiger partial charge >= 0.3 is 0 Å². The fraction of sp³-hybridized carbons (Fsp3) is 0.417. The number of ether oxygens (including phenoxy) is 1. The lowest BCUT2D eigenvalue weighted by Crippen LogP contribution is -2.25. The molecule has 0 N–H and O–H groups in total. The van der Waals surface area contributed by atoms with Gasteiger partial charge in [-0.15, -0.1) is 0 Å². The number of hydrogen-bond acceptors (Lipinski definition) is 2. The summed E-state index contributed by atoms with van der Waals surface area (Å²) in [5.74, 6) is 0.0745. The summed E-state index contributed by atoms with van der Waals surface area (Å²) in [6.45, 7) is 0. The molecule has 1 atom stereocenters. The lowest BCUT2D eigenvalue weighted by Gasteiger charge is -2.23. The molecule has 0 bridgehead atoms. The van der Waals surface area contributed by atoms with Crippen LogP contribution in [0.3, 0.4) is 0 Å². The highest BCUT2D eigenvalue weighted by Crippen LogP contribution is 2.32. The smallest absolute Gasteiger partial charge is 0.145 e. The minimum atomic E-state index is -0.521. The summed E-state index contributed by atoms with van der Waals surface area (Å²) in [7, 11) is 0. The van der Waals surface area contributed by atoms with Crippen LogP contribution in [0.25, 0.3) is 0 Å². The van der Waals surface area contributed by atoms with Gasteiger partial charge in [0.05, 0.1) is 9.50 Å². The van der Waals surface area contributed by atoms with E-state index in [9.17, 15) is 9.18 Å². The molecule has 1 aromatic rings. The maximum atomic E-state index is 13.3. The van der Waals surface area contributed by atoms with Gasteiger partial charge < -0.3 is 4.74 Å². The van der Waals surface area contributed by atoms with Crippen LogP contribution in [0.2, 0.25) is 5.02 Å². The van der Waals surface area contributed by atoms with E-state index in [0.29, 0.717) is 23.1 Å². The van der Waals surface area contributed by atoms with Crippen molar-refractivity contribution in [3.63, 3.8) is 0 Å². The molecular formula is C12H11BrClFO2. The summed E-state index contributed by atoms with van der Waals surface area (Å²) >= 11 is 8.90. The molecule has 2 nitrogen and oxygen atoms in total. The monoisotopic (exact) mass is 320 g/mol. The summed E-state index contributed by atoms with van der Waals surface area (Å²) < 4.78 is 19.5. The normalized spacial score (nSPS) is 20.4. The fourth-order valence-electron chi connectivity index (χ4n) is 1.86. The molecule has 0 saturated heterocycles. The van der Waals surface area contributed by atoms with Crippen molar-refractivity contribution in [3.8, 4) is 5.75 Å². The van der Waals surface area contributed by atoms with Crippen molar-refractivity contribution >= 4 is 33.3 Å². The first-order valence-corrected chi connectivity index (χ1v) is 6.56. The van der Waals surface area contributed by atoms with Gasteiger partial charge in [-0.3, -0.25) is 4.79 Å². The highest BCUT2D eigenvalue weighted by Gasteiger charge is 2.22. The number of carbonyl (C=O) groups excluding carboxylic acids is 1. The average Bonchev–Trinajstić information content (AvgIpc) is 2.26. The number of carbonyl (C=O) groups is 1. The Bertz CT molecular complexity index is 450. The minimum Gasteiger partial charge on any atom is -0.489 e. The SMILES string of the molecule is O=C1CCCC(Oc2cc(F)c(Cl)cc2Br)C1. The molecule has 5 heteroatoms. The van der Waals surface area contributed by atoms with E-state index in [1.54, 1.807) is 0 Å². The summed E-state index contributed by atoms with van der Waals surface area (Å²) in [5, 5.41) is 0.0453. The molecule has 0 heterocycles. The molecule has 0 aliphatic heterocycles. The topological polar surface area (TPSA) is 26.3 Å². The molecule has 1 unspecified atom stereocenters. The van der Waals surface area contributed by atoms with E-state index < -0.39 is 5.82 Å². The van der Waals surface area contributed by atoms with Gasteiger partial charge in [-0.25, -0.2) is 4.39 Å². The van der Waals surface area contributed by atoms with Crippen LogP contribution in [0.4, 0.5) is 4.39 Å². The molecule has 0 radical (unpaired) electrons. The molecule has 1 saturated carbocycles. The van der Waals surface area contributed by atoms with E-state index in [2.05, 4.69) is 15.9 Å². The maximum Gasteiger partial charge on any atom is 0.145 e. The lowest BCUT2D eigenvalue weighted by atomic mass is 9.96. The Balaban J connectivity index is 2.12. The Morgan fingerprint density at radius 2 is 2.24 bits per heavy atom. The Morgan fingerprint density at radius 3 is 2.94 bits per heavy atom. The van der Waals surface area contributed by atoms with Gasteiger partial charge in [-0.1, -0.05) is 11.6 Å². The third kappa shape index (κ3) is 3.19. The number of halogens is 3. The second-order valence-corrected chi connectivity index (χ2v) is 5.33. The van der Waals surface area contributed by atoms with Crippen molar-refractivity contribution in [3.05, 3.63) is 27.4 Å². The third-order valence-corrected chi connectivity index (χ3v) is 3.61. The summed E-state index contributed by atoms with van der Waals surface area (Å²) in [5.41, 5.74) is 0. The zero-order valence-corrected chi connectivity index (χ0v) is 11.4. The second-order valence-electron chi connectivity index (χ2n) is 4.07. The van der Waals surface area contributed by atoms with Crippen LogP contribution in [-0.2, 0) is 4.79 Å². The number of ketones is 1. The molecule has 1 aromatic carbocycles. The van der Waals surface area contributed by atoms with Crippen LogP contribution in [0.1, 0.15) is 25.7 Å². The van der Waals surface area contributed by atoms with Crippen LogP contribution in [0.5, 0.6) is 5.75 Å². The Morgan fingerprint density at radius 1 is 1.47 bits per heavy atom. The molecule has 1 aliphatic rings. The Labute approximate surface area is 112 Å². The zero-order chi connectivity index (χ0) is 12.4. The largest absolute Gasteiger partial charge is 0.489 e. The van der Waals surface area contributed by atoms with Gasteiger partial charge in [-0.2, -0.15) is 0 Å². The summed E-state index contributed by atoms with van der Waals surface area (Å²) in [4.78, 5) is 11.3. The molecule has 2 rings (SSSR count). The molecule has 17 heavy (non-hydrogen) atoms. The molecular weight excluding hydrogens is 310 g/mol. The molecule has 1 fully saturated rings. The average molecular weight is 322 g/mol. The van der Waals surface area contributed by atoms with Crippen molar-refractivity contribution in [1.82, 2.24) is 0 Å². The maximum absolute atomic E-state index is 13.3. The molecule has 92 valence electrons. The first kappa shape index (κ1) is 12.8. The first-order valence-electron chi connectivity index (χ1n) is 5.39. The Kier molecular flexibility index (Phi) is 4.05. The van der Waals surface area contributed by atoms with Crippen LogP contribution in [0.15, 0.2) is 16.6 Å². The van der Waals surface area contributed by atoms with Crippen LogP contribution in [-0.4, -0.2) is 11.9 Å². The number of benzene rings is 1. The summed E-state index contributed by atoms with van der Waals surface area (Å²) in [6.07, 6.45) is 2.51. The van der Waals surface area contributed by atoms with Gasteiger partial charge in [0.25, 0.3) is 0 Å². The van der Waals surface area contributed by atoms with E-state index in [-0.39, 0.29) is 16.9 Å². The van der Waals surface area contributed by atoms with E-state index >= 15 is 0 Å². The van der Waals surface area contributed by atoms with Gasteiger partial charge in [0.1, 0.15) is 23.5 Å². The van der Waals surface area contributed by atoms with Crippen molar-refractivity contribution in [2.24, 2.45) is 0 Å². The van der Waals surface area contributed by atoms with Crippen LogP contribution < -0.4 is 4.74 Å². The fourth-order valence-corrected chi connectivity index (χ4v) is 2.59. The first-order chi connectivity index (χ1) is 8.06. The summed E-state index contributed by atoms with van der Waals surface area (Å²) in [6, 6.07) is 2.70. The molecule has 0 aromatic heterocycles. The third-order valence-electron chi connectivity index (χ3n) is 2.71. The van der Waals surface area contributed by atoms with E-state index in [4.69, 9.17) is 16.3 Å². The highest BCUT2D eigenvalue weighted by atomic mass is 79.9. The Hall–Kier alpha value is -0.610. The standard InChI is InChI=1S/C12H11BrClFO2/c13-9-5-10(14)11(15)6-12(9)17-8-3-1-2-7(16)4-8/h5-6,8H,1-4H2. The molecule has 0 amide bonds. The van der Waals surface area contributed by atoms with Gasteiger partial charge in [0, 0.05) is 18.9 Å². The van der Waals surface area contributed by atoms with Crippen LogP contribution in [0, 0.1) is 5.82 Å². The quantitative estimate of drug-likeness (QED) is 0.766. The van der Waals surface area contributed by atoms with Crippen molar-refractivity contribution in [1.29, 1.82) is 0 Å². The predicted molar refractivity (Wildman–Crippen MR) is 67.0 cm³/mol. The highest BCUT2D eigenvalue weighted by molar-refractivity contribution is 9.10. The minimum absolute atomic E-state index is 0.0453. The zero-order valence-electron chi connectivity index (χ0n) is 9.01. The van der Waals surface area contributed by atoms with E-state index in [1.807, 2.05) is 0 Å². The lowest BCUT2D eigenvalue weighted by molar-refractivity contribution is -0.122. The van der Waals surface area contributed by atoms with Gasteiger partial charge in [-0.05, 0) is 34.8 Å². The van der Waals surface area contributed by atoms with Crippen molar-refractivity contribution < 1.29 is 13.9 Å². The molecule has 1 aliphatic carbocycles.